The van der Waals surface area contributed by atoms with Gasteiger partial charge in [0.15, 0.2) is 0 Å². The number of nitro groups is 1. The Kier molecular flexibility index (Phi) is 2.41. The molecule has 2 N–H and O–H groups in total. The summed E-state index contributed by atoms with van der Waals surface area (Å²) < 4.78 is 2.67. The Morgan fingerprint density at radius 3 is 2.88 bits per heavy atom. The summed E-state index contributed by atoms with van der Waals surface area (Å²) in [7, 11) is 0. The molecule has 0 bridgehead atoms. The molecule has 2 aromatic rings. The molecular weight excluding hydrogens is 218 g/mol. The second-order valence-corrected chi connectivity index (χ2v) is 2.82. The van der Waals surface area contributed by atoms with E-state index in [2.05, 4.69) is 25.6 Å². The summed E-state index contributed by atoms with van der Waals surface area (Å²) in [4.78, 5) is 13.1. The normalized spacial score (nSPS) is 10.5. The van der Waals surface area contributed by atoms with Crippen molar-refractivity contribution >= 4 is 11.9 Å². The van der Waals surface area contributed by atoms with Crippen molar-refractivity contribution < 1.29 is 4.92 Å². The van der Waals surface area contributed by atoms with Crippen LogP contribution in [0.2, 0.25) is 0 Å². The molecule has 2 heterocycles. The lowest BCUT2D eigenvalue weighted by Gasteiger charge is -1.97. The molecule has 0 saturated heterocycles. The Hall–Kier alpha value is -2.59. The Labute approximate surface area is 88.0 Å². The van der Waals surface area contributed by atoms with Crippen LogP contribution in [0, 0.1) is 10.1 Å². The fraction of sp³-hybridized carbons (Fsp3) is 0.400. The second kappa shape index (κ2) is 3.88. The van der Waals surface area contributed by atoms with Crippen molar-refractivity contribution in [2.45, 2.75) is 13.1 Å². The first kappa shape index (κ1) is 9.95. The largest absolute Gasteiger partial charge is 0.490 e. The predicted molar refractivity (Wildman–Crippen MR) is 48.9 cm³/mol. The highest BCUT2D eigenvalue weighted by atomic mass is 16.6. The minimum absolute atomic E-state index is 0.176. The molecule has 2 aromatic heterocycles. The maximum atomic E-state index is 10.3. The van der Waals surface area contributed by atoms with Gasteiger partial charge in [-0.25, -0.2) is 4.68 Å². The van der Waals surface area contributed by atoms with Gasteiger partial charge >= 0.3 is 5.95 Å². The minimum atomic E-state index is -0.665. The van der Waals surface area contributed by atoms with Gasteiger partial charge in [0.2, 0.25) is 12.3 Å². The standard InChI is InChI=1S/C5H7N9O2/c6-4-8-10-11-13(4)2-1-12-3-7-5(9-12)14(15)16/h3H,1-2H2,(H2,6,8,11). The number of tetrazole rings is 1. The first-order valence-electron chi connectivity index (χ1n) is 4.22. The van der Waals surface area contributed by atoms with Crippen LogP contribution in [0.1, 0.15) is 0 Å². The fourth-order valence-corrected chi connectivity index (χ4v) is 1.04. The summed E-state index contributed by atoms with van der Waals surface area (Å²) in [6.45, 7) is 0.704. The van der Waals surface area contributed by atoms with Crippen LogP contribution in [0.3, 0.4) is 0 Å². The molecule has 84 valence electrons. The van der Waals surface area contributed by atoms with Gasteiger partial charge in [0.05, 0.1) is 13.1 Å². The van der Waals surface area contributed by atoms with E-state index in [1.165, 1.54) is 15.7 Å². The summed E-state index contributed by atoms with van der Waals surface area (Å²) in [6, 6.07) is 0. The smallest absolute Gasteiger partial charge is 0.390 e. The maximum Gasteiger partial charge on any atom is 0.490 e. The molecule has 0 saturated carbocycles. The van der Waals surface area contributed by atoms with Gasteiger partial charge in [0, 0.05) is 5.10 Å². The molecule has 0 amide bonds. The van der Waals surface area contributed by atoms with E-state index in [4.69, 9.17) is 5.73 Å². The van der Waals surface area contributed by atoms with Gasteiger partial charge in [-0.3, -0.25) is 0 Å². The van der Waals surface area contributed by atoms with Gasteiger partial charge in [0.25, 0.3) is 0 Å². The van der Waals surface area contributed by atoms with E-state index in [0.717, 1.165) is 0 Å². The lowest BCUT2D eigenvalue weighted by molar-refractivity contribution is -0.394. The van der Waals surface area contributed by atoms with Gasteiger partial charge in [-0.15, -0.1) is 0 Å². The third-order valence-corrected chi connectivity index (χ3v) is 1.79. The van der Waals surface area contributed by atoms with Crippen LogP contribution in [0.15, 0.2) is 6.33 Å². The zero-order chi connectivity index (χ0) is 11.5. The molecule has 2 rings (SSSR count). The summed E-state index contributed by atoms with van der Waals surface area (Å²) in [6.07, 6.45) is 1.26. The third kappa shape index (κ3) is 1.92. The Morgan fingerprint density at radius 1 is 1.50 bits per heavy atom. The number of nitrogens with two attached hydrogens (primary N) is 1. The van der Waals surface area contributed by atoms with Crippen molar-refractivity contribution in [1.29, 1.82) is 0 Å². The van der Waals surface area contributed by atoms with Crippen molar-refractivity contribution in [3.63, 3.8) is 0 Å². The number of nitrogen functional groups attached to an aromatic ring is 1. The van der Waals surface area contributed by atoms with E-state index >= 15 is 0 Å². The Bertz CT molecular complexity index is 501. The number of aromatic nitrogens is 7. The molecule has 16 heavy (non-hydrogen) atoms. The molecule has 11 heteroatoms. The van der Waals surface area contributed by atoms with Crippen LogP contribution in [0.4, 0.5) is 11.9 Å². The molecule has 0 unspecified atom stereocenters. The summed E-state index contributed by atoms with van der Waals surface area (Å²) in [5.74, 6) is -0.265. The third-order valence-electron chi connectivity index (χ3n) is 1.79. The zero-order valence-electron chi connectivity index (χ0n) is 7.96. The molecule has 0 aliphatic heterocycles. The first-order valence-corrected chi connectivity index (χ1v) is 4.22. The van der Waals surface area contributed by atoms with Crippen molar-refractivity contribution in [2.75, 3.05) is 5.73 Å². The number of hydrogen-bond acceptors (Lipinski definition) is 8. The summed E-state index contributed by atoms with van der Waals surface area (Å²) in [5, 5.41) is 24.4. The quantitative estimate of drug-likeness (QED) is 0.486. The number of rotatable bonds is 4. The zero-order valence-corrected chi connectivity index (χ0v) is 7.96. The Morgan fingerprint density at radius 2 is 2.31 bits per heavy atom. The number of anilines is 1. The molecule has 0 aliphatic rings. The lowest BCUT2D eigenvalue weighted by Crippen LogP contribution is -2.11. The lowest BCUT2D eigenvalue weighted by atomic mass is 10.6. The van der Waals surface area contributed by atoms with Crippen molar-refractivity contribution in [3.8, 4) is 0 Å². The van der Waals surface area contributed by atoms with Crippen LogP contribution in [0.5, 0.6) is 0 Å². The average molecular weight is 225 g/mol. The topological polar surface area (TPSA) is 143 Å². The van der Waals surface area contributed by atoms with Gasteiger partial charge in [-0.1, -0.05) is 10.1 Å². The fourth-order valence-electron chi connectivity index (χ4n) is 1.04. The predicted octanol–water partition coefficient (Wildman–Crippen LogP) is -1.54. The Balaban J connectivity index is 2.00. The molecule has 0 atom stereocenters. The number of nitrogens with zero attached hydrogens (tertiary/aromatic N) is 8. The molecule has 0 aliphatic carbocycles. The van der Waals surface area contributed by atoms with E-state index in [0.29, 0.717) is 13.1 Å². The monoisotopic (exact) mass is 225 g/mol. The van der Waals surface area contributed by atoms with E-state index < -0.39 is 10.9 Å². The first-order chi connectivity index (χ1) is 7.66. The highest BCUT2D eigenvalue weighted by Gasteiger charge is 2.13. The van der Waals surface area contributed by atoms with Crippen LogP contribution in [-0.4, -0.2) is 39.9 Å². The van der Waals surface area contributed by atoms with E-state index in [9.17, 15) is 10.1 Å². The second-order valence-electron chi connectivity index (χ2n) is 2.82. The van der Waals surface area contributed by atoms with Gasteiger partial charge in [0.1, 0.15) is 0 Å². The van der Waals surface area contributed by atoms with Crippen molar-refractivity contribution in [1.82, 2.24) is 35.0 Å². The highest BCUT2D eigenvalue weighted by molar-refractivity contribution is 5.09. The van der Waals surface area contributed by atoms with E-state index in [1.807, 2.05) is 0 Å². The SMILES string of the molecule is Nc1nnnn1CCn1cnc([N+](=O)[O-])n1. The summed E-state index contributed by atoms with van der Waals surface area (Å²) >= 11 is 0. The van der Waals surface area contributed by atoms with E-state index in [1.54, 1.807) is 0 Å². The summed E-state index contributed by atoms with van der Waals surface area (Å²) in [5.41, 5.74) is 5.43. The van der Waals surface area contributed by atoms with Gasteiger partial charge in [-0.2, -0.15) is 4.68 Å². The molecule has 0 spiro atoms. The van der Waals surface area contributed by atoms with Crippen molar-refractivity contribution in [2.24, 2.45) is 0 Å². The molecule has 11 nitrogen and oxygen atoms in total. The number of hydrogen-bond donors (Lipinski definition) is 1. The number of aryl methyl sites for hydroxylation is 2. The van der Waals surface area contributed by atoms with Crippen molar-refractivity contribution in [3.05, 3.63) is 16.4 Å². The molecule has 0 radical (unpaired) electrons. The van der Waals surface area contributed by atoms with Crippen LogP contribution in [-0.2, 0) is 13.1 Å². The van der Waals surface area contributed by atoms with Crippen LogP contribution in [0.25, 0.3) is 0 Å². The molecule has 0 fully saturated rings. The van der Waals surface area contributed by atoms with Gasteiger partial charge in [-0.05, 0) is 15.4 Å². The molecule has 0 aromatic carbocycles. The van der Waals surface area contributed by atoms with Crippen LogP contribution < -0.4 is 5.73 Å². The molecular formula is C5H7N9O2. The van der Waals surface area contributed by atoms with Crippen LogP contribution >= 0.6 is 0 Å². The highest BCUT2D eigenvalue weighted by Crippen LogP contribution is 2.00. The maximum absolute atomic E-state index is 10.3. The van der Waals surface area contributed by atoms with Gasteiger partial charge < -0.3 is 15.8 Å². The van der Waals surface area contributed by atoms with E-state index in [-0.39, 0.29) is 5.95 Å². The average Bonchev–Trinajstić information content (AvgIpc) is 2.83. The minimum Gasteiger partial charge on any atom is -0.390 e.